The molecule has 136 valence electrons. The summed E-state index contributed by atoms with van der Waals surface area (Å²) < 4.78 is 27.8. The summed E-state index contributed by atoms with van der Waals surface area (Å²) in [5, 5.41) is 6.47. The standard InChI is InChI=1S/C15H32N4O3S/c1-4-16-15(18-14(2)6-13-23(3,20)21)17-7-5-8-19-9-11-22-12-10-19/h14H,4-13H2,1-3H3,(H2,16,17,18). The van der Waals surface area contributed by atoms with Gasteiger partial charge in [0, 0.05) is 45.0 Å². The first-order chi connectivity index (χ1) is 10.9. The fraction of sp³-hybridized carbons (Fsp3) is 0.933. The average Bonchev–Trinajstić information content (AvgIpc) is 2.50. The van der Waals surface area contributed by atoms with Crippen LogP contribution in [0.25, 0.3) is 0 Å². The maximum atomic E-state index is 11.2. The molecule has 1 fully saturated rings. The highest BCUT2D eigenvalue weighted by atomic mass is 32.2. The van der Waals surface area contributed by atoms with Crippen LogP contribution in [0.2, 0.25) is 0 Å². The first-order valence-corrected chi connectivity index (χ1v) is 10.5. The predicted molar refractivity (Wildman–Crippen MR) is 94.8 cm³/mol. The molecule has 1 atom stereocenters. The first kappa shape index (κ1) is 20.2. The Labute approximate surface area is 140 Å². The van der Waals surface area contributed by atoms with Crippen molar-refractivity contribution in [1.29, 1.82) is 0 Å². The summed E-state index contributed by atoms with van der Waals surface area (Å²) in [6.07, 6.45) is 2.86. The van der Waals surface area contributed by atoms with E-state index in [0.29, 0.717) is 6.42 Å². The number of hydrogen-bond donors (Lipinski definition) is 2. The lowest BCUT2D eigenvalue weighted by molar-refractivity contribution is 0.0377. The van der Waals surface area contributed by atoms with Gasteiger partial charge in [-0.05, 0) is 26.7 Å². The number of sulfone groups is 1. The zero-order valence-corrected chi connectivity index (χ0v) is 15.5. The number of guanidine groups is 1. The monoisotopic (exact) mass is 348 g/mol. The van der Waals surface area contributed by atoms with Crippen molar-refractivity contribution in [3.8, 4) is 0 Å². The molecule has 0 aliphatic carbocycles. The Hall–Kier alpha value is -0.860. The topological polar surface area (TPSA) is 83.0 Å². The van der Waals surface area contributed by atoms with E-state index >= 15 is 0 Å². The van der Waals surface area contributed by atoms with E-state index < -0.39 is 9.84 Å². The lowest BCUT2D eigenvalue weighted by Crippen LogP contribution is -2.43. The van der Waals surface area contributed by atoms with Crippen molar-refractivity contribution in [2.75, 3.05) is 57.9 Å². The van der Waals surface area contributed by atoms with Gasteiger partial charge in [0.2, 0.25) is 0 Å². The van der Waals surface area contributed by atoms with Gasteiger partial charge in [0.25, 0.3) is 0 Å². The van der Waals surface area contributed by atoms with E-state index in [4.69, 9.17) is 4.74 Å². The van der Waals surface area contributed by atoms with Crippen molar-refractivity contribution >= 4 is 15.8 Å². The van der Waals surface area contributed by atoms with Crippen LogP contribution in [0, 0.1) is 0 Å². The second-order valence-electron chi connectivity index (χ2n) is 6.03. The van der Waals surface area contributed by atoms with Gasteiger partial charge in [0.15, 0.2) is 5.96 Å². The third-order valence-corrected chi connectivity index (χ3v) is 4.63. The molecule has 2 N–H and O–H groups in total. The van der Waals surface area contributed by atoms with Gasteiger partial charge in [0.1, 0.15) is 9.84 Å². The van der Waals surface area contributed by atoms with Crippen molar-refractivity contribution in [1.82, 2.24) is 15.5 Å². The Kier molecular flexibility index (Phi) is 9.50. The largest absolute Gasteiger partial charge is 0.379 e. The number of nitrogens with zero attached hydrogens (tertiary/aromatic N) is 2. The molecule has 1 saturated heterocycles. The maximum Gasteiger partial charge on any atom is 0.191 e. The van der Waals surface area contributed by atoms with E-state index in [1.807, 2.05) is 13.8 Å². The molecule has 1 rings (SSSR count). The Balaban J connectivity index is 2.30. The second kappa shape index (κ2) is 10.8. The summed E-state index contributed by atoms with van der Waals surface area (Å²) in [6.45, 7) is 10.2. The molecule has 0 bridgehead atoms. The summed E-state index contributed by atoms with van der Waals surface area (Å²) in [6, 6.07) is 0.0711. The van der Waals surface area contributed by atoms with Crippen LogP contribution >= 0.6 is 0 Å². The van der Waals surface area contributed by atoms with Gasteiger partial charge >= 0.3 is 0 Å². The quantitative estimate of drug-likeness (QED) is 0.349. The van der Waals surface area contributed by atoms with Gasteiger partial charge in [-0.2, -0.15) is 0 Å². The number of rotatable bonds is 9. The Bertz CT molecular complexity index is 448. The first-order valence-electron chi connectivity index (χ1n) is 8.43. The van der Waals surface area contributed by atoms with E-state index in [1.54, 1.807) is 0 Å². The Morgan fingerprint density at radius 1 is 1.35 bits per heavy atom. The van der Waals surface area contributed by atoms with Crippen molar-refractivity contribution in [3.05, 3.63) is 0 Å². The van der Waals surface area contributed by atoms with Crippen LogP contribution in [0.15, 0.2) is 4.99 Å². The molecular formula is C15H32N4O3S. The number of nitrogens with one attached hydrogen (secondary N) is 2. The Morgan fingerprint density at radius 2 is 2.04 bits per heavy atom. The molecule has 0 radical (unpaired) electrons. The van der Waals surface area contributed by atoms with Gasteiger partial charge < -0.3 is 15.4 Å². The molecule has 1 unspecified atom stereocenters. The molecule has 0 aromatic carbocycles. The van der Waals surface area contributed by atoms with Crippen LogP contribution in [-0.2, 0) is 14.6 Å². The third kappa shape index (κ3) is 10.5. The molecular weight excluding hydrogens is 316 g/mol. The fourth-order valence-electron chi connectivity index (χ4n) is 2.33. The van der Waals surface area contributed by atoms with Crippen LogP contribution < -0.4 is 10.6 Å². The van der Waals surface area contributed by atoms with Crippen molar-refractivity contribution < 1.29 is 13.2 Å². The normalized spacial score (nSPS) is 18.7. The molecule has 1 aliphatic heterocycles. The van der Waals surface area contributed by atoms with E-state index in [1.165, 1.54) is 6.26 Å². The number of aliphatic imine (C=N–C) groups is 1. The van der Waals surface area contributed by atoms with Crippen LogP contribution in [-0.4, -0.2) is 83.3 Å². The fourth-order valence-corrected chi connectivity index (χ4v) is 3.11. The van der Waals surface area contributed by atoms with Crippen molar-refractivity contribution in [2.45, 2.75) is 32.7 Å². The van der Waals surface area contributed by atoms with E-state index in [0.717, 1.165) is 58.3 Å². The van der Waals surface area contributed by atoms with Crippen molar-refractivity contribution in [3.63, 3.8) is 0 Å². The number of morpholine rings is 1. The van der Waals surface area contributed by atoms with E-state index in [9.17, 15) is 8.42 Å². The number of hydrogen-bond acceptors (Lipinski definition) is 5. The van der Waals surface area contributed by atoms with Gasteiger partial charge in [-0.1, -0.05) is 0 Å². The summed E-state index contributed by atoms with van der Waals surface area (Å²) in [4.78, 5) is 6.97. The number of ether oxygens (including phenoxy) is 1. The molecule has 0 aromatic heterocycles. The summed E-state index contributed by atoms with van der Waals surface area (Å²) in [7, 11) is -2.92. The molecule has 1 heterocycles. The summed E-state index contributed by atoms with van der Waals surface area (Å²) >= 11 is 0. The van der Waals surface area contributed by atoms with Gasteiger partial charge in [-0.15, -0.1) is 0 Å². The highest BCUT2D eigenvalue weighted by Gasteiger charge is 2.10. The van der Waals surface area contributed by atoms with Crippen LogP contribution in [0.3, 0.4) is 0 Å². The zero-order valence-electron chi connectivity index (χ0n) is 14.7. The van der Waals surface area contributed by atoms with E-state index in [2.05, 4.69) is 20.5 Å². The average molecular weight is 349 g/mol. The SMILES string of the molecule is CCNC(=NCCCN1CCOCC1)NC(C)CCS(C)(=O)=O. The van der Waals surface area contributed by atoms with Gasteiger partial charge in [0.05, 0.1) is 19.0 Å². The molecule has 0 saturated carbocycles. The zero-order chi connectivity index (χ0) is 17.1. The van der Waals surface area contributed by atoms with E-state index in [-0.39, 0.29) is 11.8 Å². The minimum Gasteiger partial charge on any atom is -0.379 e. The lowest BCUT2D eigenvalue weighted by atomic mass is 10.3. The molecule has 8 heteroatoms. The van der Waals surface area contributed by atoms with Crippen LogP contribution in [0.1, 0.15) is 26.7 Å². The predicted octanol–water partition coefficient (Wildman–Crippen LogP) is 0.0870. The highest BCUT2D eigenvalue weighted by Crippen LogP contribution is 1.99. The molecule has 1 aliphatic rings. The summed E-state index contributed by atoms with van der Waals surface area (Å²) in [5.74, 6) is 0.952. The van der Waals surface area contributed by atoms with Crippen LogP contribution in [0.4, 0.5) is 0 Å². The molecule has 23 heavy (non-hydrogen) atoms. The Morgan fingerprint density at radius 3 is 2.65 bits per heavy atom. The smallest absolute Gasteiger partial charge is 0.191 e. The minimum atomic E-state index is -2.92. The lowest BCUT2D eigenvalue weighted by Gasteiger charge is -2.26. The van der Waals surface area contributed by atoms with Crippen LogP contribution in [0.5, 0.6) is 0 Å². The molecule has 0 spiro atoms. The maximum absolute atomic E-state index is 11.2. The van der Waals surface area contributed by atoms with Gasteiger partial charge in [-0.3, -0.25) is 9.89 Å². The van der Waals surface area contributed by atoms with Gasteiger partial charge in [-0.25, -0.2) is 8.42 Å². The molecule has 7 nitrogen and oxygen atoms in total. The third-order valence-electron chi connectivity index (χ3n) is 3.66. The van der Waals surface area contributed by atoms with Crippen molar-refractivity contribution in [2.24, 2.45) is 4.99 Å². The summed E-state index contributed by atoms with van der Waals surface area (Å²) in [5.41, 5.74) is 0. The minimum absolute atomic E-state index is 0.0711. The highest BCUT2D eigenvalue weighted by molar-refractivity contribution is 7.90. The second-order valence-corrected chi connectivity index (χ2v) is 8.29. The molecule has 0 aromatic rings. The molecule has 0 amide bonds.